The molecule has 1 N–H and O–H groups in total. The van der Waals surface area contributed by atoms with Crippen LogP contribution in [0.15, 0.2) is 76.5 Å². The van der Waals surface area contributed by atoms with Crippen molar-refractivity contribution in [1.29, 1.82) is 0 Å². The molecule has 0 fully saturated rings. The highest BCUT2D eigenvalue weighted by atomic mass is 32.2. The first-order chi connectivity index (χ1) is 17.0. The fourth-order valence-electron chi connectivity index (χ4n) is 4.03. The van der Waals surface area contributed by atoms with Crippen molar-refractivity contribution in [3.63, 3.8) is 0 Å². The number of anilines is 1. The van der Waals surface area contributed by atoms with Gasteiger partial charge >= 0.3 is 0 Å². The molecule has 1 aromatic heterocycles. The molecule has 0 radical (unpaired) electrons. The minimum atomic E-state index is -4.07. The molecule has 0 saturated heterocycles. The second-order valence-electron chi connectivity index (χ2n) is 7.97. The predicted octanol–water partition coefficient (Wildman–Crippen LogP) is 4.21. The van der Waals surface area contributed by atoms with Crippen molar-refractivity contribution in [2.24, 2.45) is 0 Å². The lowest BCUT2D eigenvalue weighted by Crippen LogP contribution is -2.15. The van der Waals surface area contributed by atoms with E-state index in [4.69, 9.17) is 9.47 Å². The van der Waals surface area contributed by atoms with Gasteiger partial charge < -0.3 is 9.47 Å². The summed E-state index contributed by atoms with van der Waals surface area (Å²) in [5.74, 6) is 0.661. The molecule has 3 aromatic carbocycles. The third-order valence-corrected chi connectivity index (χ3v) is 8.94. The molecule has 0 spiro atoms. The molecule has 0 aliphatic rings. The normalized spacial score (nSPS) is 11.9. The number of hydrogen-bond donors (Lipinski definition) is 1. The van der Waals surface area contributed by atoms with Gasteiger partial charge in [0.15, 0.2) is 5.78 Å². The molecule has 11 heteroatoms. The summed E-state index contributed by atoms with van der Waals surface area (Å²) in [5.41, 5.74) is 0.844. The fourth-order valence-corrected chi connectivity index (χ4v) is 6.64. The molecule has 0 aliphatic heterocycles. The maximum absolute atomic E-state index is 13.5. The Hall–Kier alpha value is -3.83. The van der Waals surface area contributed by atoms with Crippen LogP contribution in [0.3, 0.4) is 0 Å². The van der Waals surface area contributed by atoms with Crippen molar-refractivity contribution in [3.05, 3.63) is 78.0 Å². The number of fused-ring (bicyclic) bond motifs is 1. The van der Waals surface area contributed by atoms with E-state index in [0.717, 1.165) is 3.97 Å². The van der Waals surface area contributed by atoms with Gasteiger partial charge in [-0.15, -0.1) is 0 Å². The molecule has 4 aromatic rings. The summed E-state index contributed by atoms with van der Waals surface area (Å²) in [6, 6.07) is 16.2. The molecular formula is C25H24N2O7S2. The van der Waals surface area contributed by atoms with Gasteiger partial charge in [-0.25, -0.2) is 20.8 Å². The number of Topliss-reactive ketones (excluding diaryl/α,β-unsaturated/α-hetero) is 1. The molecule has 0 saturated carbocycles. The Balaban J connectivity index is 1.83. The average Bonchev–Trinajstić information content (AvgIpc) is 3.15. The monoisotopic (exact) mass is 528 g/mol. The largest absolute Gasteiger partial charge is 0.497 e. The maximum Gasteiger partial charge on any atom is 0.268 e. The predicted molar refractivity (Wildman–Crippen MR) is 136 cm³/mol. The van der Waals surface area contributed by atoms with Crippen LogP contribution in [0.4, 0.5) is 5.69 Å². The number of aromatic nitrogens is 1. The fraction of sp³-hybridized carbons (Fsp3) is 0.160. The SMILES string of the molecule is COc1ccc(S(=O)(=O)Nc2ccc3c(c2)c(C(C)=O)c(C)n3S(=O)(=O)c2ccc(OC)cc2)cc1. The number of methoxy groups -OCH3 is 2. The zero-order chi connectivity index (χ0) is 26.3. The van der Waals surface area contributed by atoms with Crippen LogP contribution >= 0.6 is 0 Å². The van der Waals surface area contributed by atoms with Crippen molar-refractivity contribution in [1.82, 2.24) is 3.97 Å². The van der Waals surface area contributed by atoms with E-state index in [0.29, 0.717) is 16.9 Å². The van der Waals surface area contributed by atoms with Crippen LogP contribution in [-0.4, -0.2) is 40.8 Å². The maximum atomic E-state index is 13.5. The topological polar surface area (TPSA) is 121 Å². The number of ketones is 1. The summed E-state index contributed by atoms with van der Waals surface area (Å²) in [6.45, 7) is 2.87. The second kappa shape index (κ2) is 9.32. The van der Waals surface area contributed by atoms with Crippen LogP contribution in [-0.2, 0) is 20.0 Å². The number of hydrogen-bond acceptors (Lipinski definition) is 7. The van der Waals surface area contributed by atoms with E-state index in [1.54, 1.807) is 6.92 Å². The highest BCUT2D eigenvalue weighted by Gasteiger charge is 2.27. The van der Waals surface area contributed by atoms with Crippen molar-refractivity contribution in [2.45, 2.75) is 23.6 Å². The first-order valence-electron chi connectivity index (χ1n) is 10.7. The summed E-state index contributed by atoms with van der Waals surface area (Å²) < 4.78 is 66.6. The Kier molecular flexibility index (Phi) is 6.54. The van der Waals surface area contributed by atoms with Crippen molar-refractivity contribution < 1.29 is 31.1 Å². The standard InChI is InChI=1S/C25H24N2O7S2/c1-16-25(17(2)28)23-15-18(26-35(29,30)21-10-6-19(33-3)7-11-21)5-14-24(23)27(16)36(31,32)22-12-8-20(34-4)9-13-22/h5-15,26H,1-4H3. The second-order valence-corrected chi connectivity index (χ2v) is 11.4. The molecule has 9 nitrogen and oxygen atoms in total. The zero-order valence-electron chi connectivity index (χ0n) is 20.0. The number of nitrogens with one attached hydrogen (secondary N) is 1. The van der Waals surface area contributed by atoms with E-state index < -0.39 is 20.0 Å². The summed E-state index contributed by atoms with van der Waals surface area (Å²) in [4.78, 5) is 12.6. The van der Waals surface area contributed by atoms with Gasteiger partial charge in [-0.05, 0) is 80.6 Å². The number of rotatable bonds is 8. The molecular weight excluding hydrogens is 504 g/mol. The Morgan fingerprint density at radius 1 is 0.806 bits per heavy atom. The summed E-state index contributed by atoms with van der Waals surface area (Å²) in [6.07, 6.45) is 0. The van der Waals surface area contributed by atoms with E-state index >= 15 is 0 Å². The summed E-state index contributed by atoms with van der Waals surface area (Å²) >= 11 is 0. The zero-order valence-corrected chi connectivity index (χ0v) is 21.6. The quantitative estimate of drug-likeness (QED) is 0.340. The van der Waals surface area contributed by atoms with E-state index in [-0.39, 0.29) is 38.0 Å². The third-order valence-electron chi connectivity index (χ3n) is 5.72. The Morgan fingerprint density at radius 3 is 1.83 bits per heavy atom. The first-order valence-corrected chi connectivity index (χ1v) is 13.6. The van der Waals surface area contributed by atoms with Crippen molar-refractivity contribution in [2.75, 3.05) is 18.9 Å². The van der Waals surface area contributed by atoms with Gasteiger partial charge in [-0.1, -0.05) is 0 Å². The van der Waals surface area contributed by atoms with Crippen molar-refractivity contribution >= 4 is 42.4 Å². The lowest BCUT2D eigenvalue weighted by atomic mass is 10.1. The smallest absolute Gasteiger partial charge is 0.268 e. The Bertz CT molecular complexity index is 1670. The van der Waals surface area contributed by atoms with Gasteiger partial charge in [0.05, 0.1) is 29.5 Å². The molecule has 0 bridgehead atoms. The summed E-state index contributed by atoms with van der Waals surface area (Å²) in [7, 11) is -5.06. The highest BCUT2D eigenvalue weighted by Crippen LogP contribution is 2.33. The highest BCUT2D eigenvalue weighted by molar-refractivity contribution is 7.92. The number of carbonyl (C=O) groups excluding carboxylic acids is 1. The van der Waals surface area contributed by atoms with Gasteiger partial charge in [0.25, 0.3) is 20.0 Å². The van der Waals surface area contributed by atoms with Gasteiger partial charge in [-0.3, -0.25) is 9.52 Å². The molecule has 0 aliphatic carbocycles. The van der Waals surface area contributed by atoms with E-state index in [9.17, 15) is 21.6 Å². The number of sulfonamides is 1. The van der Waals surface area contributed by atoms with E-state index in [1.807, 2.05) is 0 Å². The van der Waals surface area contributed by atoms with E-state index in [1.165, 1.54) is 87.9 Å². The molecule has 188 valence electrons. The van der Waals surface area contributed by atoms with Crippen LogP contribution in [0.1, 0.15) is 23.0 Å². The van der Waals surface area contributed by atoms with Gasteiger partial charge in [0.1, 0.15) is 11.5 Å². The van der Waals surface area contributed by atoms with Crippen LogP contribution in [0.5, 0.6) is 11.5 Å². The molecule has 0 atom stereocenters. The third kappa shape index (κ3) is 4.42. The lowest BCUT2D eigenvalue weighted by Gasteiger charge is -2.12. The average molecular weight is 529 g/mol. The molecule has 36 heavy (non-hydrogen) atoms. The lowest BCUT2D eigenvalue weighted by molar-refractivity contribution is 0.101. The molecule has 4 rings (SSSR count). The molecule has 1 heterocycles. The summed E-state index contributed by atoms with van der Waals surface area (Å²) in [5, 5.41) is 0.312. The van der Waals surface area contributed by atoms with Gasteiger partial charge in [0.2, 0.25) is 0 Å². The minimum absolute atomic E-state index is 0.0164. The molecule has 0 amide bonds. The van der Waals surface area contributed by atoms with Crippen molar-refractivity contribution in [3.8, 4) is 11.5 Å². The van der Waals surface area contributed by atoms with Crippen LogP contribution in [0.2, 0.25) is 0 Å². The first kappa shape index (κ1) is 25.3. The van der Waals surface area contributed by atoms with Crippen LogP contribution < -0.4 is 14.2 Å². The number of ether oxygens (including phenoxy) is 2. The number of benzene rings is 3. The Morgan fingerprint density at radius 2 is 1.33 bits per heavy atom. The number of nitrogens with zero attached hydrogens (tertiary/aromatic N) is 1. The van der Waals surface area contributed by atoms with Crippen LogP contribution in [0.25, 0.3) is 10.9 Å². The van der Waals surface area contributed by atoms with Gasteiger partial charge in [0, 0.05) is 22.3 Å². The van der Waals surface area contributed by atoms with Gasteiger partial charge in [-0.2, -0.15) is 0 Å². The van der Waals surface area contributed by atoms with E-state index in [2.05, 4.69) is 4.72 Å². The molecule has 0 unspecified atom stereocenters. The minimum Gasteiger partial charge on any atom is -0.497 e. The van der Waals surface area contributed by atoms with Crippen LogP contribution in [0, 0.1) is 6.92 Å². The number of carbonyl (C=O) groups is 1. The Labute approximate surface area is 209 Å².